The summed E-state index contributed by atoms with van der Waals surface area (Å²) >= 11 is 10.8. The quantitative estimate of drug-likeness (QED) is 0.731. The molecular formula is C12H9Cl2N3. The van der Waals surface area contributed by atoms with Gasteiger partial charge in [-0.2, -0.15) is 5.26 Å². The molecule has 0 amide bonds. The van der Waals surface area contributed by atoms with Crippen LogP contribution in [0.25, 0.3) is 0 Å². The Labute approximate surface area is 110 Å². The Bertz CT molecular complexity index is 497. The van der Waals surface area contributed by atoms with Crippen molar-refractivity contribution >= 4 is 23.2 Å². The van der Waals surface area contributed by atoms with Crippen molar-refractivity contribution in [3.8, 4) is 6.07 Å². The first kappa shape index (κ1) is 13.4. The van der Waals surface area contributed by atoms with Crippen LogP contribution in [0.4, 0.5) is 0 Å². The summed E-state index contributed by atoms with van der Waals surface area (Å²) in [5.74, 6) is 0. The molecular weight excluding hydrogens is 257 g/mol. The molecule has 0 spiro atoms. The van der Waals surface area contributed by atoms with Gasteiger partial charge in [0.05, 0.1) is 24.0 Å². The SMILES string of the molecule is Cc1ccccc1C#N.Clc1cnc(Cl)cn1. The smallest absolute Gasteiger partial charge is 0.147 e. The Kier molecular flexibility index (Phi) is 5.41. The van der Waals surface area contributed by atoms with Crippen LogP contribution in [0.15, 0.2) is 36.7 Å². The van der Waals surface area contributed by atoms with Crippen LogP contribution in [-0.2, 0) is 0 Å². The molecule has 17 heavy (non-hydrogen) atoms. The van der Waals surface area contributed by atoms with Crippen molar-refractivity contribution in [3.63, 3.8) is 0 Å². The topological polar surface area (TPSA) is 49.6 Å². The highest BCUT2D eigenvalue weighted by Gasteiger charge is 1.90. The molecule has 1 aromatic heterocycles. The second-order valence-electron chi connectivity index (χ2n) is 3.09. The zero-order chi connectivity index (χ0) is 12.7. The summed E-state index contributed by atoms with van der Waals surface area (Å²) in [6.07, 6.45) is 2.79. The number of nitriles is 1. The molecule has 0 aliphatic carbocycles. The number of nitrogens with zero attached hydrogens (tertiary/aromatic N) is 3. The molecule has 1 heterocycles. The average molecular weight is 266 g/mol. The Balaban J connectivity index is 0.000000171. The lowest BCUT2D eigenvalue weighted by atomic mass is 10.1. The van der Waals surface area contributed by atoms with E-state index in [1.165, 1.54) is 12.4 Å². The minimum Gasteiger partial charge on any atom is -0.240 e. The van der Waals surface area contributed by atoms with Crippen LogP contribution in [0.2, 0.25) is 10.3 Å². The summed E-state index contributed by atoms with van der Waals surface area (Å²) < 4.78 is 0. The maximum Gasteiger partial charge on any atom is 0.147 e. The van der Waals surface area contributed by atoms with Gasteiger partial charge in [-0.25, -0.2) is 9.97 Å². The van der Waals surface area contributed by atoms with E-state index in [4.69, 9.17) is 28.5 Å². The maximum atomic E-state index is 8.47. The van der Waals surface area contributed by atoms with Crippen molar-refractivity contribution in [2.45, 2.75) is 6.92 Å². The molecule has 3 nitrogen and oxygen atoms in total. The fourth-order valence-electron chi connectivity index (χ4n) is 0.995. The normalized spacial score (nSPS) is 8.82. The van der Waals surface area contributed by atoms with E-state index in [9.17, 15) is 0 Å². The molecule has 2 aromatic rings. The van der Waals surface area contributed by atoms with E-state index < -0.39 is 0 Å². The molecule has 0 radical (unpaired) electrons. The second kappa shape index (κ2) is 6.85. The monoisotopic (exact) mass is 265 g/mol. The van der Waals surface area contributed by atoms with Gasteiger partial charge < -0.3 is 0 Å². The minimum absolute atomic E-state index is 0.356. The first-order valence-corrected chi connectivity index (χ1v) is 5.48. The maximum absolute atomic E-state index is 8.47. The third kappa shape index (κ3) is 4.81. The molecule has 86 valence electrons. The number of aryl methyl sites for hydroxylation is 1. The summed E-state index contributed by atoms with van der Waals surface area (Å²) in [6, 6.07) is 9.63. The van der Waals surface area contributed by atoms with Gasteiger partial charge in [0.15, 0.2) is 0 Å². The zero-order valence-electron chi connectivity index (χ0n) is 9.06. The van der Waals surface area contributed by atoms with E-state index in [1.54, 1.807) is 0 Å². The highest BCUT2D eigenvalue weighted by atomic mass is 35.5. The zero-order valence-corrected chi connectivity index (χ0v) is 10.6. The molecule has 0 saturated carbocycles. The van der Waals surface area contributed by atoms with E-state index in [0.29, 0.717) is 10.3 Å². The Hall–Kier alpha value is -1.63. The third-order valence-corrected chi connectivity index (χ3v) is 2.24. The van der Waals surface area contributed by atoms with Gasteiger partial charge in [0, 0.05) is 0 Å². The number of hydrogen-bond donors (Lipinski definition) is 0. The standard InChI is InChI=1S/C8H7N.C4H2Cl2N2/c1-7-4-2-3-5-8(7)6-9;5-3-1-7-4(6)2-8-3/h2-5H,1H3;1-2H. The number of halogens is 2. The van der Waals surface area contributed by atoms with Crippen molar-refractivity contribution in [2.75, 3.05) is 0 Å². The van der Waals surface area contributed by atoms with Crippen LogP contribution in [-0.4, -0.2) is 9.97 Å². The molecule has 0 bridgehead atoms. The van der Waals surface area contributed by atoms with Crippen molar-refractivity contribution < 1.29 is 0 Å². The molecule has 0 saturated heterocycles. The lowest BCUT2D eigenvalue weighted by Crippen LogP contribution is -1.77. The number of rotatable bonds is 0. The molecule has 0 atom stereocenters. The first-order valence-electron chi connectivity index (χ1n) is 4.72. The molecule has 0 aliphatic heterocycles. The van der Waals surface area contributed by atoms with E-state index in [1.807, 2.05) is 31.2 Å². The van der Waals surface area contributed by atoms with Crippen LogP contribution in [0.1, 0.15) is 11.1 Å². The van der Waals surface area contributed by atoms with Gasteiger partial charge in [-0.3, -0.25) is 0 Å². The molecule has 1 aromatic carbocycles. The average Bonchev–Trinajstić information content (AvgIpc) is 2.34. The van der Waals surface area contributed by atoms with Crippen molar-refractivity contribution in [1.82, 2.24) is 9.97 Å². The Morgan fingerprint density at radius 3 is 1.94 bits per heavy atom. The molecule has 0 N–H and O–H groups in total. The lowest BCUT2D eigenvalue weighted by Gasteiger charge is -1.90. The highest BCUT2D eigenvalue weighted by molar-refractivity contribution is 6.30. The molecule has 0 unspecified atom stereocenters. The first-order chi connectivity index (χ1) is 8.13. The Morgan fingerprint density at radius 2 is 1.59 bits per heavy atom. The lowest BCUT2D eigenvalue weighted by molar-refractivity contribution is 1.20. The van der Waals surface area contributed by atoms with E-state index in [0.717, 1.165) is 11.1 Å². The van der Waals surface area contributed by atoms with Gasteiger partial charge in [0.25, 0.3) is 0 Å². The van der Waals surface area contributed by atoms with E-state index in [2.05, 4.69) is 16.0 Å². The minimum atomic E-state index is 0.356. The largest absolute Gasteiger partial charge is 0.240 e. The van der Waals surface area contributed by atoms with Crippen LogP contribution < -0.4 is 0 Å². The van der Waals surface area contributed by atoms with Gasteiger partial charge in [-0.15, -0.1) is 0 Å². The second-order valence-corrected chi connectivity index (χ2v) is 3.86. The number of hydrogen-bond acceptors (Lipinski definition) is 3. The molecule has 0 aliphatic rings. The summed E-state index contributed by atoms with van der Waals surface area (Å²) in [6.45, 7) is 1.93. The summed E-state index contributed by atoms with van der Waals surface area (Å²) in [5.41, 5.74) is 1.80. The van der Waals surface area contributed by atoms with Gasteiger partial charge in [0.2, 0.25) is 0 Å². The highest BCUT2D eigenvalue weighted by Crippen LogP contribution is 2.04. The van der Waals surface area contributed by atoms with Gasteiger partial charge >= 0.3 is 0 Å². The number of benzene rings is 1. The fraction of sp³-hybridized carbons (Fsp3) is 0.0833. The molecule has 2 rings (SSSR count). The van der Waals surface area contributed by atoms with Gasteiger partial charge in [0.1, 0.15) is 10.3 Å². The third-order valence-electron chi connectivity index (χ3n) is 1.85. The van der Waals surface area contributed by atoms with Crippen molar-refractivity contribution in [2.24, 2.45) is 0 Å². The van der Waals surface area contributed by atoms with E-state index in [-0.39, 0.29) is 0 Å². The number of aromatic nitrogens is 2. The van der Waals surface area contributed by atoms with Crippen molar-refractivity contribution in [3.05, 3.63) is 58.1 Å². The molecule has 0 fully saturated rings. The predicted octanol–water partition coefficient (Wildman–Crippen LogP) is 3.65. The summed E-state index contributed by atoms with van der Waals surface area (Å²) in [7, 11) is 0. The van der Waals surface area contributed by atoms with E-state index >= 15 is 0 Å². The van der Waals surface area contributed by atoms with Crippen molar-refractivity contribution in [1.29, 1.82) is 5.26 Å². The van der Waals surface area contributed by atoms with Gasteiger partial charge in [-0.1, -0.05) is 41.4 Å². The van der Waals surface area contributed by atoms with Crippen LogP contribution in [0.5, 0.6) is 0 Å². The van der Waals surface area contributed by atoms with Crippen LogP contribution in [0.3, 0.4) is 0 Å². The Morgan fingerprint density at radius 1 is 1.06 bits per heavy atom. The van der Waals surface area contributed by atoms with Crippen LogP contribution in [0, 0.1) is 18.3 Å². The fourth-order valence-corrected chi connectivity index (χ4v) is 1.19. The molecule has 5 heteroatoms. The van der Waals surface area contributed by atoms with Crippen LogP contribution >= 0.6 is 23.2 Å². The summed E-state index contributed by atoms with van der Waals surface area (Å²) in [4.78, 5) is 7.30. The van der Waals surface area contributed by atoms with Gasteiger partial charge in [-0.05, 0) is 18.6 Å². The summed E-state index contributed by atoms with van der Waals surface area (Å²) in [5, 5.41) is 9.18. The predicted molar refractivity (Wildman–Crippen MR) is 67.9 cm³/mol.